The Balaban J connectivity index is 2.41. The van der Waals surface area contributed by atoms with Gasteiger partial charge in [0.1, 0.15) is 0 Å². The van der Waals surface area contributed by atoms with Gasteiger partial charge in [0.25, 0.3) is 10.2 Å². The molecule has 0 aromatic heterocycles. The van der Waals surface area contributed by atoms with Gasteiger partial charge in [-0.25, -0.2) is 9.52 Å². The molecular weight excluding hydrogens is 324 g/mol. The number of urea groups is 1. The monoisotopic (exact) mass is 344 g/mol. The van der Waals surface area contributed by atoms with Crippen molar-refractivity contribution in [3.63, 3.8) is 0 Å². The lowest BCUT2D eigenvalue weighted by atomic mass is 10.2. The second-order valence-corrected chi connectivity index (χ2v) is 5.94. The lowest BCUT2D eigenvalue weighted by Gasteiger charge is -2.10. The van der Waals surface area contributed by atoms with E-state index < -0.39 is 10.2 Å². The van der Waals surface area contributed by atoms with E-state index in [1.165, 1.54) is 14.1 Å². The smallest absolute Gasteiger partial charge is 0.314 e. The predicted octanol–water partition coefficient (Wildman–Crippen LogP) is -0.675. The third-order valence-corrected chi connectivity index (χ3v) is 3.54. The minimum atomic E-state index is -3.59. The number of carbonyl (C=O) groups is 2. The first kappa shape index (κ1) is 18.7. The molecule has 1 rings (SSSR count). The number of benzene rings is 1. The quantitative estimate of drug-likeness (QED) is 0.347. The summed E-state index contributed by atoms with van der Waals surface area (Å²) in [6.07, 6.45) is 0.134. The number of amides is 3. The Hall–Kier alpha value is -2.37. The van der Waals surface area contributed by atoms with Crippen molar-refractivity contribution in [1.29, 1.82) is 0 Å². The van der Waals surface area contributed by atoms with Crippen molar-refractivity contribution in [3.05, 3.63) is 24.3 Å². The molecule has 0 fully saturated rings. The van der Waals surface area contributed by atoms with Crippen molar-refractivity contribution in [1.82, 2.24) is 20.2 Å². The van der Waals surface area contributed by atoms with Crippen molar-refractivity contribution >= 4 is 33.5 Å². The van der Waals surface area contributed by atoms with Crippen LogP contribution >= 0.6 is 0 Å². The number of hydrazine groups is 1. The SMILES string of the molecule is CNC(=O)NCCC(=O)Nc1ccc(NNS(=O)(=O)NC)cc1. The fourth-order valence-corrected chi connectivity index (χ4v) is 1.77. The molecule has 0 heterocycles. The molecule has 0 aliphatic heterocycles. The highest BCUT2D eigenvalue weighted by Gasteiger charge is 2.06. The van der Waals surface area contributed by atoms with Crippen molar-refractivity contribution < 1.29 is 18.0 Å². The highest BCUT2D eigenvalue weighted by atomic mass is 32.2. The van der Waals surface area contributed by atoms with E-state index in [9.17, 15) is 18.0 Å². The average molecular weight is 344 g/mol. The van der Waals surface area contributed by atoms with Gasteiger partial charge in [-0.3, -0.25) is 4.79 Å². The third kappa shape index (κ3) is 7.44. The number of hydrogen-bond acceptors (Lipinski definition) is 5. The number of nitrogens with one attached hydrogen (secondary N) is 6. The zero-order chi connectivity index (χ0) is 17.3. The molecule has 3 amide bonds. The van der Waals surface area contributed by atoms with E-state index in [2.05, 4.69) is 30.9 Å². The molecule has 0 saturated heterocycles. The number of carbonyl (C=O) groups excluding carboxylic acids is 2. The zero-order valence-electron chi connectivity index (χ0n) is 12.8. The van der Waals surface area contributed by atoms with Crippen molar-refractivity contribution in [2.45, 2.75) is 6.42 Å². The van der Waals surface area contributed by atoms with Crippen LogP contribution < -0.4 is 30.9 Å². The maximum Gasteiger partial charge on any atom is 0.314 e. The van der Waals surface area contributed by atoms with Crippen LogP contribution in [0.5, 0.6) is 0 Å². The zero-order valence-corrected chi connectivity index (χ0v) is 13.6. The summed E-state index contributed by atoms with van der Waals surface area (Å²) in [5.74, 6) is -0.252. The highest BCUT2D eigenvalue weighted by Crippen LogP contribution is 2.13. The van der Waals surface area contributed by atoms with Crippen LogP contribution in [-0.2, 0) is 15.0 Å². The second-order valence-electron chi connectivity index (χ2n) is 4.32. The Morgan fingerprint density at radius 3 is 2.22 bits per heavy atom. The molecule has 0 radical (unpaired) electrons. The Kier molecular flexibility index (Phi) is 7.25. The average Bonchev–Trinajstić information content (AvgIpc) is 2.54. The van der Waals surface area contributed by atoms with Gasteiger partial charge in [-0.2, -0.15) is 8.42 Å². The topological polar surface area (TPSA) is 140 Å². The van der Waals surface area contributed by atoms with E-state index in [0.29, 0.717) is 11.4 Å². The highest BCUT2D eigenvalue weighted by molar-refractivity contribution is 7.87. The summed E-state index contributed by atoms with van der Waals surface area (Å²) in [5, 5.41) is 7.54. The lowest BCUT2D eigenvalue weighted by molar-refractivity contribution is -0.116. The summed E-state index contributed by atoms with van der Waals surface area (Å²) >= 11 is 0. The number of anilines is 2. The summed E-state index contributed by atoms with van der Waals surface area (Å²) in [5.41, 5.74) is 3.56. The van der Waals surface area contributed by atoms with Crippen molar-refractivity contribution in [2.24, 2.45) is 0 Å². The largest absolute Gasteiger partial charge is 0.341 e. The minimum absolute atomic E-state index is 0.134. The molecule has 10 nitrogen and oxygen atoms in total. The number of hydrogen-bond donors (Lipinski definition) is 6. The first-order valence-corrected chi connectivity index (χ1v) is 8.16. The molecule has 0 aliphatic rings. The van der Waals surface area contributed by atoms with Gasteiger partial charge >= 0.3 is 6.03 Å². The molecule has 6 N–H and O–H groups in total. The molecule has 0 spiro atoms. The molecular formula is C12H20N6O4S. The summed E-state index contributed by atoms with van der Waals surface area (Å²) < 4.78 is 24.4. The molecule has 128 valence electrons. The number of rotatable bonds is 8. The van der Waals surface area contributed by atoms with Crippen LogP contribution in [0.2, 0.25) is 0 Å². The third-order valence-electron chi connectivity index (χ3n) is 2.63. The summed E-state index contributed by atoms with van der Waals surface area (Å²) in [7, 11) is -0.820. The summed E-state index contributed by atoms with van der Waals surface area (Å²) in [6, 6.07) is 6.06. The maximum atomic E-state index is 11.7. The van der Waals surface area contributed by atoms with Gasteiger partial charge in [0.05, 0.1) is 0 Å². The fourth-order valence-electron chi connectivity index (χ4n) is 1.42. The normalized spacial score (nSPS) is 10.7. The van der Waals surface area contributed by atoms with Crippen LogP contribution in [0, 0.1) is 0 Å². The van der Waals surface area contributed by atoms with Crippen LogP contribution in [0.4, 0.5) is 16.2 Å². The van der Waals surface area contributed by atoms with Gasteiger partial charge in [-0.15, -0.1) is 4.83 Å². The van der Waals surface area contributed by atoms with Gasteiger partial charge < -0.3 is 21.4 Å². The van der Waals surface area contributed by atoms with Gasteiger partial charge in [-0.1, -0.05) is 0 Å². The van der Waals surface area contributed by atoms with E-state index in [0.717, 1.165) is 0 Å². The molecule has 0 bridgehead atoms. The maximum absolute atomic E-state index is 11.7. The Morgan fingerprint density at radius 1 is 1.04 bits per heavy atom. The molecule has 1 aromatic rings. The minimum Gasteiger partial charge on any atom is -0.341 e. The lowest BCUT2D eigenvalue weighted by Crippen LogP contribution is -2.37. The predicted molar refractivity (Wildman–Crippen MR) is 86.9 cm³/mol. The molecule has 1 aromatic carbocycles. The van der Waals surface area contributed by atoms with Crippen molar-refractivity contribution in [2.75, 3.05) is 31.4 Å². The van der Waals surface area contributed by atoms with Gasteiger partial charge in [0.2, 0.25) is 5.91 Å². The van der Waals surface area contributed by atoms with E-state index >= 15 is 0 Å². The van der Waals surface area contributed by atoms with E-state index in [4.69, 9.17) is 0 Å². The van der Waals surface area contributed by atoms with Crippen LogP contribution in [0.15, 0.2) is 24.3 Å². The van der Waals surface area contributed by atoms with Crippen LogP contribution in [0.1, 0.15) is 6.42 Å². The molecule has 11 heteroatoms. The molecule has 0 unspecified atom stereocenters. The summed E-state index contributed by atoms with van der Waals surface area (Å²) in [6.45, 7) is 0.219. The van der Waals surface area contributed by atoms with Crippen LogP contribution in [0.25, 0.3) is 0 Å². The Labute approximate surface area is 134 Å². The first-order chi connectivity index (χ1) is 10.9. The molecule has 23 heavy (non-hydrogen) atoms. The Morgan fingerprint density at radius 2 is 1.65 bits per heavy atom. The Bertz CT molecular complexity index is 631. The molecule has 0 atom stereocenters. The van der Waals surface area contributed by atoms with Crippen molar-refractivity contribution in [3.8, 4) is 0 Å². The van der Waals surface area contributed by atoms with Gasteiger partial charge in [-0.05, 0) is 24.3 Å². The van der Waals surface area contributed by atoms with Crippen LogP contribution in [-0.4, -0.2) is 41.0 Å². The van der Waals surface area contributed by atoms with Gasteiger partial charge in [0, 0.05) is 38.4 Å². The standard InChI is InChI=1S/C12H20N6O4S/c1-13-12(20)15-8-7-11(19)16-9-3-5-10(6-4-9)17-18-23(21,22)14-2/h3-6,14,17-18H,7-8H2,1-2H3,(H,16,19)(H2,13,15,20). The van der Waals surface area contributed by atoms with E-state index in [1.54, 1.807) is 24.3 Å². The second kappa shape index (κ2) is 8.92. The fraction of sp³-hybridized carbons (Fsp3) is 0.333. The molecule has 0 aliphatic carbocycles. The summed E-state index contributed by atoms with van der Waals surface area (Å²) in [4.78, 5) is 24.7. The van der Waals surface area contributed by atoms with Gasteiger partial charge in [0.15, 0.2) is 0 Å². The first-order valence-electron chi connectivity index (χ1n) is 6.68. The van der Waals surface area contributed by atoms with E-state index in [-0.39, 0.29) is 24.9 Å². The van der Waals surface area contributed by atoms with Crippen LogP contribution in [0.3, 0.4) is 0 Å². The van der Waals surface area contributed by atoms with E-state index in [1.807, 2.05) is 0 Å². The molecule has 0 saturated carbocycles.